The summed E-state index contributed by atoms with van der Waals surface area (Å²) in [5, 5.41) is 9.11. The molecule has 2 aliphatic heterocycles. The highest BCUT2D eigenvalue weighted by molar-refractivity contribution is 5.44. The molecule has 0 aromatic carbocycles. The monoisotopic (exact) mass is 362 g/mol. The van der Waals surface area contributed by atoms with E-state index in [0.29, 0.717) is 25.2 Å². The number of rotatable bonds is 6. The Morgan fingerprint density at radius 1 is 1.19 bits per heavy atom. The highest BCUT2D eigenvalue weighted by Crippen LogP contribution is 2.29. The van der Waals surface area contributed by atoms with Gasteiger partial charge in [0.2, 0.25) is 0 Å². The van der Waals surface area contributed by atoms with Crippen molar-refractivity contribution in [3.8, 4) is 0 Å². The molecule has 0 amide bonds. The van der Waals surface area contributed by atoms with E-state index in [0.717, 1.165) is 49.9 Å². The van der Waals surface area contributed by atoms with Gasteiger partial charge in [-0.3, -0.25) is 4.90 Å². The Balaban J connectivity index is 1.61. The maximum Gasteiger partial charge on any atom is 0.136 e. The molecule has 0 bridgehead atoms. The van der Waals surface area contributed by atoms with E-state index in [9.17, 15) is 0 Å². The summed E-state index contributed by atoms with van der Waals surface area (Å²) >= 11 is 0. The zero-order valence-corrected chi connectivity index (χ0v) is 16.7. The van der Waals surface area contributed by atoms with Gasteiger partial charge in [0.15, 0.2) is 0 Å². The molecule has 0 saturated carbocycles. The van der Waals surface area contributed by atoms with Crippen LogP contribution in [0.2, 0.25) is 0 Å². The number of methoxy groups -OCH3 is 1. The number of hydrogen-bond donors (Lipinski definition) is 1. The summed E-state index contributed by atoms with van der Waals surface area (Å²) in [5.41, 5.74) is 0.882. The Bertz CT molecular complexity index is 588. The molecule has 3 heterocycles. The second-order valence-electron chi connectivity index (χ2n) is 8.77. The van der Waals surface area contributed by atoms with Gasteiger partial charge < -0.3 is 14.7 Å². The summed E-state index contributed by atoms with van der Waals surface area (Å²) in [5.74, 6) is 2.62. The van der Waals surface area contributed by atoms with Crippen LogP contribution in [0.3, 0.4) is 0 Å². The van der Waals surface area contributed by atoms with Crippen molar-refractivity contribution in [2.45, 2.75) is 58.1 Å². The molecule has 0 spiro atoms. The molecule has 1 N–H and O–H groups in total. The second-order valence-corrected chi connectivity index (χ2v) is 8.77. The lowest BCUT2D eigenvalue weighted by Crippen LogP contribution is -2.61. The Morgan fingerprint density at radius 3 is 2.46 bits per heavy atom. The molecule has 0 radical (unpaired) electrons. The smallest absolute Gasteiger partial charge is 0.136 e. The summed E-state index contributed by atoms with van der Waals surface area (Å²) < 4.78 is 5.29. The fourth-order valence-electron chi connectivity index (χ4n) is 3.86. The normalized spacial score (nSPS) is 20.4. The van der Waals surface area contributed by atoms with E-state index in [1.54, 1.807) is 7.11 Å². The number of aliphatic hydroxyl groups excluding tert-OH is 1. The molecule has 3 rings (SSSR count). The summed E-state index contributed by atoms with van der Waals surface area (Å²) in [6, 6.07) is 2.70. The van der Waals surface area contributed by atoms with E-state index in [1.807, 2.05) is 0 Å². The van der Waals surface area contributed by atoms with Crippen molar-refractivity contribution in [3.05, 3.63) is 17.6 Å². The molecule has 0 atom stereocenters. The highest BCUT2D eigenvalue weighted by Gasteiger charge is 2.35. The van der Waals surface area contributed by atoms with Crippen LogP contribution >= 0.6 is 0 Å². The minimum absolute atomic E-state index is 0.0721. The van der Waals surface area contributed by atoms with Crippen LogP contribution in [0.1, 0.15) is 51.6 Å². The van der Waals surface area contributed by atoms with Gasteiger partial charge in [-0.15, -0.1) is 0 Å². The molecule has 6 heteroatoms. The summed E-state index contributed by atoms with van der Waals surface area (Å²) in [7, 11) is 1.71. The number of anilines is 1. The SMILES string of the molecule is COCc1cc(N2CC(N3CCC(CCO)CC3)C2)nc(C(C)(C)C)n1. The Morgan fingerprint density at radius 2 is 1.88 bits per heavy atom. The minimum atomic E-state index is -0.0721. The third-order valence-corrected chi connectivity index (χ3v) is 5.62. The van der Waals surface area contributed by atoms with Crippen molar-refractivity contribution in [2.75, 3.05) is 44.8 Å². The maximum absolute atomic E-state index is 9.11. The quantitative estimate of drug-likeness (QED) is 0.837. The van der Waals surface area contributed by atoms with Crippen molar-refractivity contribution in [2.24, 2.45) is 5.92 Å². The first kappa shape index (κ1) is 19.5. The van der Waals surface area contributed by atoms with Crippen molar-refractivity contribution >= 4 is 5.82 Å². The van der Waals surface area contributed by atoms with Crippen LogP contribution in [0.15, 0.2) is 6.07 Å². The van der Waals surface area contributed by atoms with Gasteiger partial charge in [-0.2, -0.15) is 0 Å². The van der Waals surface area contributed by atoms with Crippen molar-refractivity contribution in [3.63, 3.8) is 0 Å². The van der Waals surface area contributed by atoms with Crippen LogP contribution in [0.5, 0.6) is 0 Å². The van der Waals surface area contributed by atoms with E-state index in [2.05, 4.69) is 41.6 Å². The molecule has 2 fully saturated rings. The number of aliphatic hydroxyl groups is 1. The number of likely N-dealkylation sites (tertiary alicyclic amines) is 1. The third kappa shape index (κ3) is 4.53. The number of ether oxygens (including phenoxy) is 1. The lowest BCUT2D eigenvalue weighted by molar-refractivity contribution is 0.102. The van der Waals surface area contributed by atoms with Gasteiger partial charge in [0, 0.05) is 44.3 Å². The Labute approximate surface area is 157 Å². The highest BCUT2D eigenvalue weighted by atomic mass is 16.5. The average molecular weight is 363 g/mol. The van der Waals surface area contributed by atoms with Crippen molar-refractivity contribution in [1.82, 2.24) is 14.9 Å². The predicted octanol–water partition coefficient (Wildman–Crippen LogP) is 2.20. The molecule has 2 saturated heterocycles. The molecule has 0 unspecified atom stereocenters. The minimum Gasteiger partial charge on any atom is -0.396 e. The number of aromatic nitrogens is 2. The number of piperidine rings is 1. The maximum atomic E-state index is 9.11. The lowest BCUT2D eigenvalue weighted by Gasteiger charge is -2.48. The standard InChI is InChI=1S/C20H34N4O2/c1-20(2,3)19-21-16(14-26-4)11-18(22-19)24-12-17(13-24)23-8-5-15(6-9-23)7-10-25/h11,15,17,25H,5-10,12-14H2,1-4H3. The first-order valence-electron chi connectivity index (χ1n) is 9.88. The molecule has 1 aromatic rings. The van der Waals surface area contributed by atoms with E-state index in [1.165, 1.54) is 12.8 Å². The van der Waals surface area contributed by atoms with Crippen molar-refractivity contribution < 1.29 is 9.84 Å². The zero-order valence-electron chi connectivity index (χ0n) is 16.7. The largest absolute Gasteiger partial charge is 0.396 e. The van der Waals surface area contributed by atoms with Gasteiger partial charge >= 0.3 is 0 Å². The molecule has 0 aliphatic carbocycles. The van der Waals surface area contributed by atoms with Crippen molar-refractivity contribution in [1.29, 1.82) is 0 Å². The van der Waals surface area contributed by atoms with Crippen LogP contribution in [0.4, 0.5) is 5.82 Å². The summed E-state index contributed by atoms with van der Waals surface area (Å²) in [6.07, 6.45) is 3.40. The van der Waals surface area contributed by atoms with Crippen LogP contribution in [-0.2, 0) is 16.8 Å². The first-order valence-corrected chi connectivity index (χ1v) is 9.88. The van der Waals surface area contributed by atoms with Gasteiger partial charge in [-0.05, 0) is 38.3 Å². The van der Waals surface area contributed by atoms with Gasteiger partial charge in [0.05, 0.1) is 12.3 Å². The molecule has 2 aliphatic rings. The molecular formula is C20H34N4O2. The number of hydrogen-bond acceptors (Lipinski definition) is 6. The fourth-order valence-corrected chi connectivity index (χ4v) is 3.86. The van der Waals surface area contributed by atoms with Gasteiger partial charge in [-0.25, -0.2) is 9.97 Å². The van der Waals surface area contributed by atoms with Crippen LogP contribution in [-0.4, -0.2) is 65.9 Å². The lowest BCUT2D eigenvalue weighted by atomic mass is 9.92. The Kier molecular flexibility index (Phi) is 6.15. The predicted molar refractivity (Wildman–Crippen MR) is 103 cm³/mol. The molecule has 26 heavy (non-hydrogen) atoms. The second kappa shape index (κ2) is 8.19. The average Bonchev–Trinajstić information content (AvgIpc) is 2.55. The zero-order chi connectivity index (χ0) is 18.7. The molecule has 6 nitrogen and oxygen atoms in total. The number of nitrogens with zero attached hydrogens (tertiary/aromatic N) is 4. The molecule has 1 aromatic heterocycles. The van der Waals surface area contributed by atoms with Gasteiger partial charge in [-0.1, -0.05) is 20.8 Å². The van der Waals surface area contributed by atoms with E-state index >= 15 is 0 Å². The summed E-state index contributed by atoms with van der Waals surface area (Å²) in [6.45, 7) is 11.7. The van der Waals surface area contributed by atoms with E-state index in [-0.39, 0.29) is 5.41 Å². The fraction of sp³-hybridized carbons (Fsp3) is 0.800. The van der Waals surface area contributed by atoms with Crippen LogP contribution in [0, 0.1) is 5.92 Å². The molecular weight excluding hydrogens is 328 g/mol. The summed E-state index contributed by atoms with van der Waals surface area (Å²) in [4.78, 5) is 14.5. The molecule has 146 valence electrons. The van der Waals surface area contributed by atoms with Crippen LogP contribution in [0.25, 0.3) is 0 Å². The van der Waals surface area contributed by atoms with Gasteiger partial charge in [0.1, 0.15) is 11.6 Å². The van der Waals surface area contributed by atoms with Crippen LogP contribution < -0.4 is 4.90 Å². The van der Waals surface area contributed by atoms with E-state index in [4.69, 9.17) is 14.8 Å². The Hall–Kier alpha value is -1.24. The van der Waals surface area contributed by atoms with Gasteiger partial charge in [0.25, 0.3) is 0 Å². The van der Waals surface area contributed by atoms with E-state index < -0.39 is 0 Å². The topological polar surface area (TPSA) is 61.7 Å². The third-order valence-electron chi connectivity index (χ3n) is 5.62. The first-order chi connectivity index (χ1) is 12.4.